The maximum atomic E-state index is 12.9. The summed E-state index contributed by atoms with van der Waals surface area (Å²) in [6, 6.07) is 12.4. The third kappa shape index (κ3) is 9.71. The van der Waals surface area contributed by atoms with Gasteiger partial charge < -0.3 is 30.5 Å². The molecule has 1 amide bonds. The van der Waals surface area contributed by atoms with E-state index in [1.807, 2.05) is 25.1 Å². The second-order valence-corrected chi connectivity index (χ2v) is 10.7. The van der Waals surface area contributed by atoms with Crippen LogP contribution in [0.5, 0.6) is 0 Å². The van der Waals surface area contributed by atoms with Crippen LogP contribution in [0.1, 0.15) is 55.2 Å². The van der Waals surface area contributed by atoms with Gasteiger partial charge in [0.15, 0.2) is 12.2 Å². The third-order valence-corrected chi connectivity index (χ3v) is 7.53. The van der Waals surface area contributed by atoms with Crippen LogP contribution >= 0.6 is 11.6 Å². The topological polar surface area (TPSA) is 111 Å². The number of carboxylic acid groups (broad SMARTS) is 1. The van der Waals surface area contributed by atoms with E-state index in [2.05, 4.69) is 28.8 Å². The Morgan fingerprint density at radius 1 is 0.974 bits per heavy atom. The van der Waals surface area contributed by atoms with E-state index in [0.717, 1.165) is 55.6 Å². The highest BCUT2D eigenvalue weighted by atomic mass is 35.5. The molecule has 39 heavy (non-hydrogen) atoms. The van der Waals surface area contributed by atoms with Crippen LogP contribution in [0.2, 0.25) is 5.02 Å². The highest BCUT2D eigenvalue weighted by molar-refractivity contribution is 6.31. The summed E-state index contributed by atoms with van der Waals surface area (Å²) < 4.78 is 5.58. The average molecular weight is 560 g/mol. The SMILES string of the molecule is Cc1ccc(NCCCCOC(C(=O)N(C)CCCCCNc2ccc3c(c2)CCC3)C(O)C(=O)O)cc1Cl. The summed E-state index contributed by atoms with van der Waals surface area (Å²) in [4.78, 5) is 25.7. The highest BCUT2D eigenvalue weighted by Gasteiger charge is 2.34. The van der Waals surface area contributed by atoms with Crippen molar-refractivity contribution in [2.24, 2.45) is 0 Å². The van der Waals surface area contributed by atoms with Crippen LogP contribution in [0, 0.1) is 6.92 Å². The van der Waals surface area contributed by atoms with Gasteiger partial charge in [-0.15, -0.1) is 0 Å². The molecule has 0 bridgehead atoms. The molecule has 0 fully saturated rings. The highest BCUT2D eigenvalue weighted by Crippen LogP contribution is 2.25. The molecule has 0 spiro atoms. The van der Waals surface area contributed by atoms with E-state index < -0.39 is 24.1 Å². The quantitative estimate of drug-likeness (QED) is 0.204. The Kier molecular flexibility index (Phi) is 12.4. The molecule has 2 aromatic carbocycles. The molecular formula is C30H42ClN3O5. The number of aryl methyl sites for hydroxylation is 3. The standard InChI is InChI=1S/C30H42ClN3O5/c1-21-11-13-25(20-26(21)31)33-16-5-7-18-39-28(27(35)30(37)38)29(36)34(2)17-6-3-4-15-32-24-14-12-22-9-8-10-23(22)19-24/h11-14,19-20,27-28,32-33,35H,3-10,15-18H2,1-2H3,(H,37,38). The number of unbranched alkanes of at least 4 members (excludes halogenated alkanes) is 3. The Bertz CT molecular complexity index is 1100. The van der Waals surface area contributed by atoms with Gasteiger partial charge in [0.05, 0.1) is 0 Å². The molecule has 2 aromatic rings. The monoisotopic (exact) mass is 559 g/mol. The molecule has 0 saturated heterocycles. The summed E-state index contributed by atoms with van der Waals surface area (Å²) in [5.74, 6) is -1.99. The van der Waals surface area contributed by atoms with Gasteiger partial charge in [-0.2, -0.15) is 0 Å². The van der Waals surface area contributed by atoms with E-state index in [1.165, 1.54) is 28.9 Å². The largest absolute Gasteiger partial charge is 0.479 e. The van der Waals surface area contributed by atoms with Crippen molar-refractivity contribution in [1.29, 1.82) is 0 Å². The van der Waals surface area contributed by atoms with Crippen LogP contribution in [0.25, 0.3) is 0 Å². The first-order valence-electron chi connectivity index (χ1n) is 13.9. The van der Waals surface area contributed by atoms with Gasteiger partial charge in [-0.3, -0.25) is 4.79 Å². The molecule has 3 rings (SSSR count). The second-order valence-electron chi connectivity index (χ2n) is 10.3. The maximum absolute atomic E-state index is 12.9. The number of carbonyl (C=O) groups is 2. The van der Waals surface area contributed by atoms with E-state index in [4.69, 9.17) is 16.3 Å². The number of likely N-dealkylation sites (N-methyl/N-ethyl adjacent to an activating group) is 1. The fourth-order valence-electron chi connectivity index (χ4n) is 4.69. The van der Waals surface area contributed by atoms with Crippen molar-refractivity contribution in [3.05, 3.63) is 58.1 Å². The molecule has 0 aliphatic heterocycles. The van der Waals surface area contributed by atoms with Crippen molar-refractivity contribution in [1.82, 2.24) is 4.90 Å². The smallest absolute Gasteiger partial charge is 0.335 e. The number of amides is 1. The van der Waals surface area contributed by atoms with Crippen LogP contribution in [0.4, 0.5) is 11.4 Å². The van der Waals surface area contributed by atoms with Crippen LogP contribution in [0.3, 0.4) is 0 Å². The summed E-state index contributed by atoms with van der Waals surface area (Å²) in [6.07, 6.45) is 4.23. The van der Waals surface area contributed by atoms with E-state index in [0.29, 0.717) is 24.5 Å². The lowest BCUT2D eigenvalue weighted by Gasteiger charge is -2.25. The van der Waals surface area contributed by atoms with Gasteiger partial charge in [0.25, 0.3) is 5.91 Å². The first-order valence-corrected chi connectivity index (χ1v) is 14.3. The van der Waals surface area contributed by atoms with Gasteiger partial charge in [-0.05, 0) is 99.2 Å². The Morgan fingerprint density at radius 2 is 1.64 bits per heavy atom. The first kappa shape index (κ1) is 30.7. The van der Waals surface area contributed by atoms with Gasteiger partial charge in [0.1, 0.15) is 0 Å². The predicted octanol–water partition coefficient (Wildman–Crippen LogP) is 4.90. The van der Waals surface area contributed by atoms with Gasteiger partial charge in [-0.1, -0.05) is 23.7 Å². The minimum absolute atomic E-state index is 0.166. The van der Waals surface area contributed by atoms with E-state index in [1.54, 1.807) is 7.05 Å². The molecule has 2 unspecified atom stereocenters. The zero-order valence-electron chi connectivity index (χ0n) is 23.0. The van der Waals surface area contributed by atoms with Crippen molar-refractivity contribution in [3.8, 4) is 0 Å². The molecule has 1 aliphatic rings. The number of rotatable bonds is 17. The zero-order chi connectivity index (χ0) is 28.2. The molecule has 0 saturated carbocycles. The van der Waals surface area contributed by atoms with E-state index >= 15 is 0 Å². The lowest BCUT2D eigenvalue weighted by atomic mass is 10.1. The molecule has 0 heterocycles. The number of benzene rings is 2. The number of aliphatic hydroxyl groups excluding tert-OH is 1. The normalized spacial score (nSPS) is 13.9. The summed E-state index contributed by atoms with van der Waals surface area (Å²) in [5.41, 5.74) is 5.99. The number of anilines is 2. The minimum Gasteiger partial charge on any atom is -0.479 e. The van der Waals surface area contributed by atoms with Gasteiger partial charge in [0, 0.05) is 49.7 Å². The van der Waals surface area contributed by atoms with Crippen molar-refractivity contribution >= 4 is 34.9 Å². The molecule has 4 N–H and O–H groups in total. The summed E-state index contributed by atoms with van der Waals surface area (Å²) in [6.45, 7) is 4.10. The van der Waals surface area contributed by atoms with E-state index in [-0.39, 0.29) is 6.61 Å². The number of halogens is 1. The Labute approximate surface area is 236 Å². The van der Waals surface area contributed by atoms with Gasteiger partial charge >= 0.3 is 5.97 Å². The number of aliphatic carboxylic acids is 1. The van der Waals surface area contributed by atoms with Crippen LogP contribution in [-0.4, -0.2) is 72.5 Å². The summed E-state index contributed by atoms with van der Waals surface area (Å²) >= 11 is 6.14. The number of carbonyl (C=O) groups excluding carboxylic acids is 1. The van der Waals surface area contributed by atoms with E-state index in [9.17, 15) is 19.8 Å². The zero-order valence-corrected chi connectivity index (χ0v) is 23.8. The number of nitrogens with one attached hydrogen (secondary N) is 2. The summed E-state index contributed by atoms with van der Waals surface area (Å²) in [7, 11) is 1.62. The summed E-state index contributed by atoms with van der Waals surface area (Å²) in [5, 5.41) is 26.8. The third-order valence-electron chi connectivity index (χ3n) is 7.13. The molecule has 9 heteroatoms. The molecule has 8 nitrogen and oxygen atoms in total. The Balaban J connectivity index is 1.33. The van der Waals surface area contributed by atoms with Crippen molar-refractivity contribution in [2.75, 3.05) is 43.9 Å². The maximum Gasteiger partial charge on any atom is 0.335 e. The number of fused-ring (bicyclic) bond motifs is 1. The second kappa shape index (κ2) is 15.7. The average Bonchev–Trinajstić information content (AvgIpc) is 3.39. The minimum atomic E-state index is -1.91. The molecule has 0 aromatic heterocycles. The van der Waals surface area contributed by atoms with Crippen LogP contribution in [-0.2, 0) is 27.2 Å². The molecular weight excluding hydrogens is 518 g/mol. The number of aliphatic hydroxyl groups is 1. The number of hydrogen-bond donors (Lipinski definition) is 4. The molecule has 1 aliphatic carbocycles. The molecule has 2 atom stereocenters. The Morgan fingerprint density at radius 3 is 2.36 bits per heavy atom. The van der Waals surface area contributed by atoms with Crippen molar-refractivity contribution in [2.45, 2.75) is 70.5 Å². The first-order chi connectivity index (χ1) is 18.8. The van der Waals surface area contributed by atoms with Crippen molar-refractivity contribution < 1.29 is 24.5 Å². The predicted molar refractivity (Wildman–Crippen MR) is 156 cm³/mol. The molecule has 0 radical (unpaired) electrons. The fourth-order valence-corrected chi connectivity index (χ4v) is 4.87. The number of nitrogens with zero attached hydrogens (tertiary/aromatic N) is 1. The van der Waals surface area contributed by atoms with Gasteiger partial charge in [0.2, 0.25) is 0 Å². The van der Waals surface area contributed by atoms with Crippen LogP contribution in [0.15, 0.2) is 36.4 Å². The number of ether oxygens (including phenoxy) is 1. The number of hydrogen-bond acceptors (Lipinski definition) is 6. The van der Waals surface area contributed by atoms with Crippen molar-refractivity contribution in [3.63, 3.8) is 0 Å². The van der Waals surface area contributed by atoms with Gasteiger partial charge in [-0.25, -0.2) is 4.79 Å². The fraction of sp³-hybridized carbons (Fsp3) is 0.533. The number of carboxylic acids is 1. The molecule has 214 valence electrons. The van der Waals surface area contributed by atoms with Crippen LogP contribution < -0.4 is 10.6 Å². The lowest BCUT2D eigenvalue weighted by molar-refractivity contribution is -0.166. The Hall–Kier alpha value is -2.81. The lowest BCUT2D eigenvalue weighted by Crippen LogP contribution is -2.48.